The molecular formula is C12H14O2. The third-order valence-electron chi connectivity index (χ3n) is 2.69. The summed E-state index contributed by atoms with van der Waals surface area (Å²) in [6.07, 6.45) is 1.81. The smallest absolute Gasteiger partial charge is 0.165 e. The first kappa shape index (κ1) is 9.41. The minimum absolute atomic E-state index is 0.0463. The first-order valence-corrected chi connectivity index (χ1v) is 4.91. The molecule has 0 spiro atoms. The van der Waals surface area contributed by atoms with Crippen molar-refractivity contribution in [3.63, 3.8) is 0 Å². The number of benzene rings is 1. The molecule has 0 saturated heterocycles. The van der Waals surface area contributed by atoms with Crippen molar-refractivity contribution in [2.45, 2.75) is 31.8 Å². The van der Waals surface area contributed by atoms with Gasteiger partial charge in [0.2, 0.25) is 0 Å². The molecule has 2 heteroatoms. The molecule has 1 aliphatic carbocycles. The molecule has 0 aromatic heterocycles. The molecule has 1 aliphatic rings. The van der Waals surface area contributed by atoms with Gasteiger partial charge in [-0.3, -0.25) is 4.79 Å². The van der Waals surface area contributed by atoms with E-state index >= 15 is 0 Å². The molecule has 0 bridgehead atoms. The van der Waals surface area contributed by atoms with E-state index in [2.05, 4.69) is 0 Å². The zero-order valence-corrected chi connectivity index (χ0v) is 8.29. The van der Waals surface area contributed by atoms with E-state index in [4.69, 9.17) is 0 Å². The molecule has 0 amide bonds. The number of ketones is 1. The van der Waals surface area contributed by atoms with Gasteiger partial charge < -0.3 is 5.11 Å². The molecule has 0 radical (unpaired) electrons. The van der Waals surface area contributed by atoms with E-state index in [9.17, 15) is 9.90 Å². The predicted octanol–water partition coefficient (Wildman–Crippen LogP) is 2.09. The summed E-state index contributed by atoms with van der Waals surface area (Å²) in [5.74, 6) is 0.0463. The Morgan fingerprint density at radius 1 is 1.36 bits per heavy atom. The minimum atomic E-state index is -0.679. The van der Waals surface area contributed by atoms with Crippen molar-refractivity contribution in [3.05, 3.63) is 35.4 Å². The Morgan fingerprint density at radius 3 is 2.43 bits per heavy atom. The Hall–Kier alpha value is -1.15. The molecule has 0 heterocycles. The molecule has 14 heavy (non-hydrogen) atoms. The lowest BCUT2D eigenvalue weighted by molar-refractivity contribution is 0.0838. The molecule has 1 aromatic carbocycles. The zero-order chi connectivity index (χ0) is 10.2. The molecule has 0 unspecified atom stereocenters. The van der Waals surface area contributed by atoms with Crippen molar-refractivity contribution in [3.8, 4) is 0 Å². The van der Waals surface area contributed by atoms with E-state index in [1.807, 2.05) is 31.2 Å². The van der Waals surface area contributed by atoms with E-state index in [0.717, 1.165) is 18.4 Å². The number of carbonyl (C=O) groups is 1. The molecule has 74 valence electrons. The summed E-state index contributed by atoms with van der Waals surface area (Å²) in [4.78, 5) is 11.7. The normalized spacial score (nSPS) is 17.9. The molecule has 0 aliphatic heterocycles. The zero-order valence-electron chi connectivity index (χ0n) is 8.29. The van der Waals surface area contributed by atoms with Crippen LogP contribution in [-0.2, 0) is 0 Å². The van der Waals surface area contributed by atoms with Gasteiger partial charge >= 0.3 is 0 Å². The van der Waals surface area contributed by atoms with Gasteiger partial charge in [0, 0.05) is 12.0 Å². The lowest BCUT2D eigenvalue weighted by Gasteiger charge is -2.06. The topological polar surface area (TPSA) is 37.3 Å². The van der Waals surface area contributed by atoms with E-state index < -0.39 is 5.60 Å². The Labute approximate surface area is 83.6 Å². The highest BCUT2D eigenvalue weighted by Gasteiger charge is 2.42. The third kappa shape index (κ3) is 2.02. The van der Waals surface area contributed by atoms with Gasteiger partial charge in [-0.15, -0.1) is 0 Å². The van der Waals surface area contributed by atoms with Crippen LogP contribution in [0.3, 0.4) is 0 Å². The molecule has 1 fully saturated rings. The predicted molar refractivity (Wildman–Crippen MR) is 54.3 cm³/mol. The van der Waals surface area contributed by atoms with Gasteiger partial charge in [0.25, 0.3) is 0 Å². The fraction of sp³-hybridized carbons (Fsp3) is 0.417. The van der Waals surface area contributed by atoms with Gasteiger partial charge in [-0.2, -0.15) is 0 Å². The van der Waals surface area contributed by atoms with Gasteiger partial charge in [0.05, 0.1) is 5.60 Å². The maximum atomic E-state index is 11.7. The summed E-state index contributed by atoms with van der Waals surface area (Å²) in [5, 5.41) is 9.59. The van der Waals surface area contributed by atoms with Crippen molar-refractivity contribution in [1.82, 2.24) is 0 Å². The number of rotatable bonds is 3. The summed E-state index contributed by atoms with van der Waals surface area (Å²) in [5.41, 5.74) is 1.17. The number of carbonyl (C=O) groups excluding carboxylic acids is 1. The fourth-order valence-corrected chi connectivity index (χ4v) is 1.46. The van der Waals surface area contributed by atoms with E-state index in [1.54, 1.807) is 0 Å². The van der Waals surface area contributed by atoms with Gasteiger partial charge in [-0.1, -0.05) is 29.8 Å². The van der Waals surface area contributed by atoms with Gasteiger partial charge in [-0.05, 0) is 19.8 Å². The highest BCUT2D eigenvalue weighted by atomic mass is 16.3. The second-order valence-corrected chi connectivity index (χ2v) is 4.19. The van der Waals surface area contributed by atoms with Gasteiger partial charge in [0.1, 0.15) is 0 Å². The van der Waals surface area contributed by atoms with Crippen molar-refractivity contribution in [2.75, 3.05) is 0 Å². The molecule has 1 saturated carbocycles. The minimum Gasteiger partial charge on any atom is -0.389 e. The van der Waals surface area contributed by atoms with Crippen LogP contribution < -0.4 is 0 Å². The quantitative estimate of drug-likeness (QED) is 0.741. The summed E-state index contributed by atoms with van der Waals surface area (Å²) >= 11 is 0. The lowest BCUT2D eigenvalue weighted by Crippen LogP contribution is -2.14. The maximum absolute atomic E-state index is 11.7. The number of aryl methyl sites for hydroxylation is 1. The Bertz CT molecular complexity index is 347. The summed E-state index contributed by atoms with van der Waals surface area (Å²) in [6.45, 7) is 1.99. The monoisotopic (exact) mass is 190 g/mol. The standard InChI is InChI=1S/C12H14O2/c1-9-2-4-10(5-3-9)11(13)8-12(14)6-7-12/h2-5,14H,6-8H2,1H3. The van der Waals surface area contributed by atoms with Crippen LogP contribution in [0.25, 0.3) is 0 Å². The molecular weight excluding hydrogens is 176 g/mol. The lowest BCUT2D eigenvalue weighted by atomic mass is 10.0. The van der Waals surface area contributed by atoms with E-state index in [0.29, 0.717) is 5.56 Å². The Morgan fingerprint density at radius 2 is 1.93 bits per heavy atom. The average Bonchev–Trinajstić information content (AvgIpc) is 2.84. The van der Waals surface area contributed by atoms with E-state index in [1.165, 1.54) is 0 Å². The molecule has 2 nitrogen and oxygen atoms in total. The number of hydrogen-bond donors (Lipinski definition) is 1. The van der Waals surface area contributed by atoms with Crippen LogP contribution >= 0.6 is 0 Å². The fourth-order valence-electron chi connectivity index (χ4n) is 1.46. The van der Waals surface area contributed by atoms with Crippen LogP contribution in [0.4, 0.5) is 0 Å². The maximum Gasteiger partial charge on any atom is 0.165 e. The van der Waals surface area contributed by atoms with Gasteiger partial charge in [0.15, 0.2) is 5.78 Å². The van der Waals surface area contributed by atoms with Crippen LogP contribution in [0.15, 0.2) is 24.3 Å². The third-order valence-corrected chi connectivity index (χ3v) is 2.69. The summed E-state index contributed by atoms with van der Waals surface area (Å²) in [6, 6.07) is 7.49. The van der Waals surface area contributed by atoms with Crippen LogP contribution in [0.1, 0.15) is 35.2 Å². The van der Waals surface area contributed by atoms with Crippen molar-refractivity contribution in [1.29, 1.82) is 0 Å². The first-order valence-electron chi connectivity index (χ1n) is 4.91. The molecule has 1 aromatic rings. The summed E-state index contributed by atoms with van der Waals surface area (Å²) in [7, 11) is 0. The molecule has 1 N–H and O–H groups in total. The number of Topliss-reactive ketones (excluding diaryl/α,β-unsaturated/α-hetero) is 1. The SMILES string of the molecule is Cc1ccc(C(=O)CC2(O)CC2)cc1. The number of hydrogen-bond acceptors (Lipinski definition) is 2. The van der Waals surface area contributed by atoms with Crippen molar-refractivity contribution in [2.24, 2.45) is 0 Å². The van der Waals surface area contributed by atoms with Crippen molar-refractivity contribution < 1.29 is 9.90 Å². The van der Waals surface area contributed by atoms with Crippen LogP contribution in [-0.4, -0.2) is 16.5 Å². The average molecular weight is 190 g/mol. The Kier molecular flexibility index (Phi) is 2.16. The van der Waals surface area contributed by atoms with Crippen LogP contribution in [0, 0.1) is 6.92 Å². The second kappa shape index (κ2) is 3.21. The van der Waals surface area contributed by atoms with E-state index in [-0.39, 0.29) is 12.2 Å². The van der Waals surface area contributed by atoms with Gasteiger partial charge in [-0.25, -0.2) is 0 Å². The highest BCUT2D eigenvalue weighted by Crippen LogP contribution is 2.39. The first-order chi connectivity index (χ1) is 6.59. The van der Waals surface area contributed by atoms with Crippen LogP contribution in [0.5, 0.6) is 0 Å². The molecule has 0 atom stereocenters. The largest absolute Gasteiger partial charge is 0.389 e. The Balaban J connectivity index is 2.07. The van der Waals surface area contributed by atoms with Crippen LogP contribution in [0.2, 0.25) is 0 Å². The summed E-state index contributed by atoms with van der Waals surface area (Å²) < 4.78 is 0. The van der Waals surface area contributed by atoms with Crippen molar-refractivity contribution >= 4 is 5.78 Å². The second-order valence-electron chi connectivity index (χ2n) is 4.19. The number of aliphatic hydroxyl groups is 1. The molecule has 2 rings (SSSR count). The highest BCUT2D eigenvalue weighted by molar-refractivity contribution is 5.96.